The number of nitrogens with two attached hydrogens (primary N) is 1. The Morgan fingerprint density at radius 1 is 1.33 bits per heavy atom. The van der Waals surface area contributed by atoms with E-state index >= 15 is 0 Å². The maximum absolute atomic E-state index is 5.64. The number of aromatic nitrogens is 2. The quantitative estimate of drug-likeness (QED) is 0.768. The summed E-state index contributed by atoms with van der Waals surface area (Å²) < 4.78 is 0. The monoisotopic (exact) mass is 208 g/mol. The molecule has 0 amide bonds. The van der Waals surface area contributed by atoms with Gasteiger partial charge in [-0.2, -0.15) is 5.10 Å². The molecule has 0 saturated heterocycles. The molecule has 0 unspecified atom stereocenters. The molecule has 1 aromatic rings. The van der Waals surface area contributed by atoms with Crippen LogP contribution < -0.4 is 11.1 Å². The van der Waals surface area contributed by atoms with Crippen molar-refractivity contribution in [3.63, 3.8) is 0 Å². The van der Waals surface area contributed by atoms with Gasteiger partial charge in [0.25, 0.3) is 0 Å². The molecular formula is C11H20N4. The molecule has 3 N–H and O–H groups in total. The van der Waals surface area contributed by atoms with Gasteiger partial charge in [0.2, 0.25) is 0 Å². The van der Waals surface area contributed by atoms with Crippen LogP contribution in [0.25, 0.3) is 0 Å². The lowest BCUT2D eigenvalue weighted by Crippen LogP contribution is -2.31. The van der Waals surface area contributed by atoms with Crippen LogP contribution in [0.1, 0.15) is 26.5 Å². The molecule has 0 radical (unpaired) electrons. The second kappa shape index (κ2) is 5.07. The van der Waals surface area contributed by atoms with Crippen molar-refractivity contribution in [2.75, 3.05) is 18.4 Å². The fourth-order valence-electron chi connectivity index (χ4n) is 1.04. The zero-order valence-electron chi connectivity index (χ0n) is 9.75. The van der Waals surface area contributed by atoms with Gasteiger partial charge in [0, 0.05) is 6.54 Å². The lowest BCUT2D eigenvalue weighted by Gasteiger charge is -2.22. The van der Waals surface area contributed by atoms with Gasteiger partial charge in [0.15, 0.2) is 0 Å². The maximum atomic E-state index is 5.64. The molecule has 1 heterocycles. The van der Waals surface area contributed by atoms with Crippen LogP contribution in [0.3, 0.4) is 0 Å². The average Bonchev–Trinajstić information content (AvgIpc) is 2.27. The Morgan fingerprint density at radius 3 is 2.53 bits per heavy atom. The van der Waals surface area contributed by atoms with Crippen molar-refractivity contribution >= 4 is 5.82 Å². The molecule has 1 aromatic heterocycles. The molecule has 0 fully saturated rings. The minimum atomic E-state index is 0.0884. The molecule has 0 aliphatic rings. The number of hydrogen-bond donors (Lipinski definition) is 2. The molecule has 84 valence electrons. The summed E-state index contributed by atoms with van der Waals surface area (Å²) in [4.78, 5) is 0. The third-order valence-corrected chi connectivity index (χ3v) is 2.38. The largest absolute Gasteiger partial charge is 0.368 e. The Hall–Kier alpha value is -1.16. The van der Waals surface area contributed by atoms with E-state index in [9.17, 15) is 0 Å². The third-order valence-electron chi connectivity index (χ3n) is 2.38. The Kier molecular flexibility index (Phi) is 4.03. The first-order valence-electron chi connectivity index (χ1n) is 5.34. The number of aryl methyl sites for hydroxylation is 1. The predicted octanol–water partition coefficient (Wildman–Crippen LogP) is 1.44. The van der Waals surface area contributed by atoms with Crippen molar-refractivity contribution < 1.29 is 0 Å². The summed E-state index contributed by atoms with van der Waals surface area (Å²) in [6.07, 6.45) is 0.918. The topological polar surface area (TPSA) is 63.8 Å². The van der Waals surface area contributed by atoms with Gasteiger partial charge in [-0.15, -0.1) is 5.10 Å². The van der Waals surface area contributed by atoms with Crippen molar-refractivity contribution in [3.8, 4) is 0 Å². The smallest absolute Gasteiger partial charge is 0.148 e. The molecule has 0 saturated carbocycles. The zero-order valence-corrected chi connectivity index (χ0v) is 9.75. The zero-order chi connectivity index (χ0) is 11.3. The van der Waals surface area contributed by atoms with Crippen LogP contribution in [0.15, 0.2) is 12.1 Å². The van der Waals surface area contributed by atoms with Crippen LogP contribution in [0, 0.1) is 5.41 Å². The summed E-state index contributed by atoms with van der Waals surface area (Å²) in [7, 11) is 0. The molecule has 0 aromatic carbocycles. The summed E-state index contributed by atoms with van der Waals surface area (Å²) in [6.45, 7) is 7.76. The summed E-state index contributed by atoms with van der Waals surface area (Å²) >= 11 is 0. The standard InChI is InChI=1S/C11H20N4/c1-4-9-5-6-10(15-14-9)13-8-11(2,3)7-12/h5-6H,4,7-8,12H2,1-3H3,(H,13,15). The molecule has 1 rings (SSSR count). The van der Waals surface area contributed by atoms with Crippen LogP contribution in [0.5, 0.6) is 0 Å². The second-order valence-electron chi connectivity index (χ2n) is 4.49. The predicted molar refractivity (Wildman–Crippen MR) is 62.7 cm³/mol. The Bertz CT molecular complexity index is 292. The highest BCUT2D eigenvalue weighted by molar-refractivity contribution is 5.33. The van der Waals surface area contributed by atoms with Gasteiger partial charge in [-0.1, -0.05) is 20.8 Å². The average molecular weight is 208 g/mol. The van der Waals surface area contributed by atoms with E-state index in [0.29, 0.717) is 6.54 Å². The van der Waals surface area contributed by atoms with E-state index in [1.807, 2.05) is 12.1 Å². The SMILES string of the molecule is CCc1ccc(NCC(C)(C)CN)nn1. The first kappa shape index (κ1) is 11.9. The molecule has 4 heteroatoms. The molecule has 4 nitrogen and oxygen atoms in total. The highest BCUT2D eigenvalue weighted by atomic mass is 15.2. The molecule has 0 aliphatic carbocycles. The van der Waals surface area contributed by atoms with E-state index in [1.54, 1.807) is 0 Å². The summed E-state index contributed by atoms with van der Waals surface area (Å²) in [5.41, 5.74) is 6.74. The van der Waals surface area contributed by atoms with Crippen LogP contribution in [-0.4, -0.2) is 23.3 Å². The normalized spacial score (nSPS) is 11.5. The summed E-state index contributed by atoms with van der Waals surface area (Å²) in [5.74, 6) is 0.814. The second-order valence-corrected chi connectivity index (χ2v) is 4.49. The number of nitrogens with zero attached hydrogens (tertiary/aromatic N) is 2. The van der Waals surface area contributed by atoms with Gasteiger partial charge >= 0.3 is 0 Å². The van der Waals surface area contributed by atoms with E-state index in [1.165, 1.54) is 0 Å². The molecular weight excluding hydrogens is 188 g/mol. The number of nitrogens with one attached hydrogen (secondary N) is 1. The fraction of sp³-hybridized carbons (Fsp3) is 0.636. The summed E-state index contributed by atoms with van der Waals surface area (Å²) in [5, 5.41) is 11.4. The maximum Gasteiger partial charge on any atom is 0.148 e. The lowest BCUT2D eigenvalue weighted by atomic mass is 9.94. The number of rotatable bonds is 5. The molecule has 0 bridgehead atoms. The van der Waals surface area contributed by atoms with Gasteiger partial charge in [0.1, 0.15) is 5.82 Å². The van der Waals surface area contributed by atoms with Gasteiger partial charge in [-0.3, -0.25) is 0 Å². The third kappa shape index (κ3) is 3.83. The molecule has 0 spiro atoms. The van der Waals surface area contributed by atoms with Gasteiger partial charge < -0.3 is 11.1 Å². The van der Waals surface area contributed by atoms with E-state index in [0.717, 1.165) is 24.5 Å². The van der Waals surface area contributed by atoms with Crippen molar-refractivity contribution in [1.82, 2.24) is 10.2 Å². The summed E-state index contributed by atoms with van der Waals surface area (Å²) in [6, 6.07) is 3.95. The Balaban J connectivity index is 2.51. The minimum absolute atomic E-state index is 0.0884. The lowest BCUT2D eigenvalue weighted by molar-refractivity contribution is 0.405. The van der Waals surface area contributed by atoms with Crippen molar-refractivity contribution in [2.24, 2.45) is 11.1 Å². The van der Waals surface area contributed by atoms with Gasteiger partial charge in [0.05, 0.1) is 5.69 Å². The molecule has 15 heavy (non-hydrogen) atoms. The van der Waals surface area contributed by atoms with Crippen molar-refractivity contribution in [1.29, 1.82) is 0 Å². The van der Waals surface area contributed by atoms with Crippen molar-refractivity contribution in [2.45, 2.75) is 27.2 Å². The van der Waals surface area contributed by atoms with E-state index in [4.69, 9.17) is 5.73 Å². The van der Waals surface area contributed by atoms with Crippen LogP contribution >= 0.6 is 0 Å². The highest BCUT2D eigenvalue weighted by Gasteiger charge is 2.14. The van der Waals surface area contributed by atoms with Gasteiger partial charge in [-0.05, 0) is 30.5 Å². The highest BCUT2D eigenvalue weighted by Crippen LogP contribution is 2.13. The van der Waals surface area contributed by atoms with E-state index in [2.05, 4.69) is 36.3 Å². The number of anilines is 1. The van der Waals surface area contributed by atoms with Crippen LogP contribution in [-0.2, 0) is 6.42 Å². The first-order chi connectivity index (χ1) is 7.07. The minimum Gasteiger partial charge on any atom is -0.368 e. The Morgan fingerprint density at radius 2 is 2.07 bits per heavy atom. The Labute approximate surface area is 91.3 Å². The number of hydrogen-bond acceptors (Lipinski definition) is 4. The van der Waals surface area contributed by atoms with E-state index < -0.39 is 0 Å². The van der Waals surface area contributed by atoms with E-state index in [-0.39, 0.29) is 5.41 Å². The van der Waals surface area contributed by atoms with Crippen LogP contribution in [0.2, 0.25) is 0 Å². The first-order valence-corrected chi connectivity index (χ1v) is 5.34. The molecule has 0 atom stereocenters. The van der Waals surface area contributed by atoms with Crippen molar-refractivity contribution in [3.05, 3.63) is 17.8 Å². The fourth-order valence-corrected chi connectivity index (χ4v) is 1.04. The van der Waals surface area contributed by atoms with Crippen LogP contribution in [0.4, 0.5) is 5.82 Å². The van der Waals surface area contributed by atoms with Gasteiger partial charge in [-0.25, -0.2) is 0 Å². The molecule has 0 aliphatic heterocycles.